The molecule has 13 heavy (non-hydrogen) atoms. The molecule has 0 aliphatic heterocycles. The molecule has 0 saturated heterocycles. The number of benzene rings is 1. The monoisotopic (exact) mass is 177 g/mol. The Kier molecular flexibility index (Phi) is 2.04. The second kappa shape index (κ2) is 3.35. The predicted octanol–water partition coefficient (Wildman–Crippen LogP) is 1.53. The van der Waals surface area contributed by atoms with E-state index in [4.69, 9.17) is 0 Å². The minimum Gasteiger partial charge on any atom is -0.232 e. The van der Waals surface area contributed by atoms with Gasteiger partial charge in [0, 0.05) is 6.42 Å². The van der Waals surface area contributed by atoms with Crippen LogP contribution in [0.2, 0.25) is 0 Å². The number of hydrogen-bond acceptors (Lipinski definition) is 2. The van der Waals surface area contributed by atoms with Crippen LogP contribution in [0.15, 0.2) is 30.3 Å². The molecular weight excluding hydrogens is 169 g/mol. The summed E-state index contributed by atoms with van der Waals surface area (Å²) < 4.78 is 12.9. The first kappa shape index (κ1) is 7.91. The summed E-state index contributed by atoms with van der Waals surface area (Å²) in [6.07, 6.45) is 0.475. The Morgan fingerprint density at radius 2 is 2.00 bits per heavy atom. The molecule has 2 rings (SSSR count). The molecule has 0 amide bonds. The first-order valence-corrected chi connectivity index (χ1v) is 3.95. The van der Waals surface area contributed by atoms with Crippen LogP contribution in [0.1, 0.15) is 11.3 Å². The molecule has 0 unspecified atom stereocenters. The minimum atomic E-state index is -0.455. The third-order valence-corrected chi connectivity index (χ3v) is 1.79. The molecule has 66 valence electrons. The molecule has 1 N–H and O–H groups in total. The summed E-state index contributed by atoms with van der Waals surface area (Å²) >= 11 is 0. The van der Waals surface area contributed by atoms with E-state index in [1.54, 1.807) is 0 Å². The molecule has 0 radical (unpaired) electrons. The first-order chi connectivity index (χ1) is 6.36. The predicted molar refractivity (Wildman–Crippen MR) is 45.6 cm³/mol. The summed E-state index contributed by atoms with van der Waals surface area (Å²) in [5, 5.41) is 9.16. The van der Waals surface area contributed by atoms with Crippen LogP contribution in [-0.2, 0) is 6.42 Å². The van der Waals surface area contributed by atoms with Crippen molar-refractivity contribution < 1.29 is 4.39 Å². The van der Waals surface area contributed by atoms with Crippen molar-refractivity contribution in [3.8, 4) is 0 Å². The van der Waals surface area contributed by atoms with Crippen LogP contribution in [0.4, 0.5) is 4.39 Å². The lowest BCUT2D eigenvalue weighted by atomic mass is 10.1. The fourth-order valence-electron chi connectivity index (χ4n) is 1.14. The van der Waals surface area contributed by atoms with Gasteiger partial charge in [0.25, 0.3) is 0 Å². The second-order valence-electron chi connectivity index (χ2n) is 2.73. The van der Waals surface area contributed by atoms with Crippen LogP contribution in [0.3, 0.4) is 0 Å². The van der Waals surface area contributed by atoms with Crippen LogP contribution < -0.4 is 0 Å². The lowest BCUT2D eigenvalue weighted by Gasteiger charge is -1.95. The van der Waals surface area contributed by atoms with Crippen molar-refractivity contribution in [1.29, 1.82) is 0 Å². The highest BCUT2D eigenvalue weighted by atomic mass is 19.1. The standard InChI is InChI=1S/C9H8FN3/c10-9-8(11-13-12-9)6-7-4-2-1-3-5-7/h1-5H,6H2,(H,11,12,13). The fourth-order valence-corrected chi connectivity index (χ4v) is 1.14. The number of halogens is 1. The van der Waals surface area contributed by atoms with Crippen molar-refractivity contribution in [3.05, 3.63) is 47.5 Å². The quantitative estimate of drug-likeness (QED) is 0.755. The van der Waals surface area contributed by atoms with E-state index in [2.05, 4.69) is 15.4 Å². The number of nitrogens with one attached hydrogen (secondary N) is 1. The zero-order valence-electron chi connectivity index (χ0n) is 6.87. The van der Waals surface area contributed by atoms with Gasteiger partial charge in [0.1, 0.15) is 5.69 Å². The Bertz CT molecular complexity index is 383. The number of H-pyrrole nitrogens is 1. The smallest absolute Gasteiger partial charge is 0.232 e. The lowest BCUT2D eigenvalue weighted by molar-refractivity contribution is 0.569. The minimum absolute atomic E-state index is 0.353. The van der Waals surface area contributed by atoms with Crippen molar-refractivity contribution in [1.82, 2.24) is 15.4 Å². The van der Waals surface area contributed by atoms with E-state index >= 15 is 0 Å². The van der Waals surface area contributed by atoms with Crippen LogP contribution in [0.5, 0.6) is 0 Å². The van der Waals surface area contributed by atoms with Gasteiger partial charge in [-0.1, -0.05) is 35.5 Å². The zero-order chi connectivity index (χ0) is 9.10. The van der Waals surface area contributed by atoms with Crippen molar-refractivity contribution in [2.45, 2.75) is 6.42 Å². The molecule has 0 aliphatic rings. The molecule has 1 aromatic carbocycles. The fraction of sp³-hybridized carbons (Fsp3) is 0.111. The molecule has 1 aromatic heterocycles. The highest BCUT2D eigenvalue weighted by Crippen LogP contribution is 2.07. The molecule has 0 aliphatic carbocycles. The Morgan fingerprint density at radius 3 is 2.62 bits per heavy atom. The van der Waals surface area contributed by atoms with Crippen molar-refractivity contribution in [2.24, 2.45) is 0 Å². The summed E-state index contributed by atoms with van der Waals surface area (Å²) in [6, 6.07) is 9.59. The molecule has 2 aromatic rings. The number of hydrogen-bond donors (Lipinski definition) is 1. The number of nitrogens with zero attached hydrogens (tertiary/aromatic N) is 2. The van der Waals surface area contributed by atoms with E-state index < -0.39 is 5.95 Å². The van der Waals surface area contributed by atoms with Gasteiger partial charge in [-0.25, -0.2) is 5.10 Å². The summed E-state index contributed by atoms with van der Waals surface area (Å²) in [4.78, 5) is 0. The van der Waals surface area contributed by atoms with E-state index in [0.29, 0.717) is 12.1 Å². The maximum atomic E-state index is 12.9. The summed E-state index contributed by atoms with van der Waals surface area (Å²) in [7, 11) is 0. The lowest BCUT2D eigenvalue weighted by Crippen LogP contribution is -1.91. The van der Waals surface area contributed by atoms with Gasteiger partial charge in [-0.2, -0.15) is 4.39 Å². The Hall–Kier alpha value is -1.71. The van der Waals surface area contributed by atoms with Gasteiger partial charge in [-0.05, 0) is 5.56 Å². The molecule has 3 nitrogen and oxygen atoms in total. The van der Waals surface area contributed by atoms with E-state index in [1.165, 1.54) is 0 Å². The van der Waals surface area contributed by atoms with E-state index in [-0.39, 0.29) is 0 Å². The normalized spacial score (nSPS) is 10.2. The topological polar surface area (TPSA) is 41.6 Å². The second-order valence-corrected chi connectivity index (χ2v) is 2.73. The van der Waals surface area contributed by atoms with E-state index in [9.17, 15) is 4.39 Å². The number of rotatable bonds is 2. The maximum Gasteiger partial charge on any atom is 0.232 e. The third-order valence-electron chi connectivity index (χ3n) is 1.79. The van der Waals surface area contributed by atoms with Gasteiger partial charge in [0.2, 0.25) is 5.95 Å². The van der Waals surface area contributed by atoms with Crippen molar-refractivity contribution >= 4 is 0 Å². The van der Waals surface area contributed by atoms with Crippen LogP contribution in [-0.4, -0.2) is 15.4 Å². The van der Waals surface area contributed by atoms with Gasteiger partial charge in [0.15, 0.2) is 0 Å². The van der Waals surface area contributed by atoms with Gasteiger partial charge in [-0.3, -0.25) is 0 Å². The highest BCUT2D eigenvalue weighted by Gasteiger charge is 2.05. The van der Waals surface area contributed by atoms with Gasteiger partial charge < -0.3 is 0 Å². The largest absolute Gasteiger partial charge is 0.232 e. The summed E-state index contributed by atoms with van der Waals surface area (Å²) in [5.41, 5.74) is 1.38. The van der Waals surface area contributed by atoms with E-state index in [1.807, 2.05) is 30.3 Å². The molecule has 4 heteroatoms. The Balaban J connectivity index is 2.20. The SMILES string of the molecule is Fc1[nH]nnc1Cc1ccccc1. The van der Waals surface area contributed by atoms with Gasteiger partial charge in [-0.15, -0.1) is 5.10 Å². The van der Waals surface area contributed by atoms with Gasteiger partial charge in [0.05, 0.1) is 0 Å². The average Bonchev–Trinajstić information content (AvgIpc) is 2.54. The average molecular weight is 177 g/mol. The zero-order valence-corrected chi connectivity index (χ0v) is 6.87. The number of aromatic nitrogens is 3. The molecular formula is C9H8FN3. The van der Waals surface area contributed by atoms with E-state index in [0.717, 1.165) is 5.56 Å². The molecule has 0 spiro atoms. The summed E-state index contributed by atoms with van der Waals surface area (Å²) in [6.45, 7) is 0. The van der Waals surface area contributed by atoms with Crippen LogP contribution in [0.25, 0.3) is 0 Å². The van der Waals surface area contributed by atoms with Crippen LogP contribution >= 0.6 is 0 Å². The van der Waals surface area contributed by atoms with Crippen LogP contribution in [0, 0.1) is 5.95 Å². The van der Waals surface area contributed by atoms with Gasteiger partial charge >= 0.3 is 0 Å². The molecule has 0 fully saturated rings. The number of aromatic amines is 1. The molecule has 1 heterocycles. The Labute approximate surface area is 74.6 Å². The summed E-state index contributed by atoms with van der Waals surface area (Å²) in [5.74, 6) is -0.455. The van der Waals surface area contributed by atoms with Crippen molar-refractivity contribution in [2.75, 3.05) is 0 Å². The molecule has 0 saturated carbocycles. The first-order valence-electron chi connectivity index (χ1n) is 3.95. The maximum absolute atomic E-state index is 12.9. The molecule has 0 atom stereocenters. The molecule has 0 bridgehead atoms. The Morgan fingerprint density at radius 1 is 1.23 bits per heavy atom. The highest BCUT2D eigenvalue weighted by molar-refractivity contribution is 5.20. The van der Waals surface area contributed by atoms with Crippen molar-refractivity contribution in [3.63, 3.8) is 0 Å². The third kappa shape index (κ3) is 1.72.